The van der Waals surface area contributed by atoms with Gasteiger partial charge < -0.3 is 31.5 Å². The minimum atomic E-state index is -1.25. The first-order chi connectivity index (χ1) is 29.5. The Morgan fingerprint density at radius 1 is 0.984 bits per heavy atom. The molecule has 0 saturated heterocycles. The number of nitrogens with zero attached hydrogens (tertiary/aromatic N) is 3. The molecule has 0 unspecified atom stereocenters. The van der Waals surface area contributed by atoms with Crippen molar-refractivity contribution < 1.29 is 33.8 Å². The summed E-state index contributed by atoms with van der Waals surface area (Å²) in [5.74, 6) is -3.77. The lowest BCUT2D eigenvalue weighted by atomic mass is 9.86. The number of nitrogens with one attached hydrogen (secondary N) is 1. The predicted molar refractivity (Wildman–Crippen MR) is 237 cm³/mol. The van der Waals surface area contributed by atoms with Crippen molar-refractivity contribution in [2.45, 2.75) is 90.6 Å². The van der Waals surface area contributed by atoms with Crippen LogP contribution in [0.1, 0.15) is 98.6 Å². The smallest absolute Gasteiger partial charge is 0.226 e. The molecule has 326 valence electrons. The van der Waals surface area contributed by atoms with E-state index in [0.29, 0.717) is 45.0 Å². The SMILES string of the molecule is Cc1nc(-c2ccc(C(C)(C)C)cc2)ccc1C(=O)C[C@@H](CCN)C(=O)N(C)[C@@H]1C(=O)C[C@@H](C)C(=O)N[C@H](C(=O)CCC#N)Cc2ccc(O)c(c2)-c2cc1ccc2OCCN. The van der Waals surface area contributed by atoms with E-state index in [4.69, 9.17) is 26.5 Å². The van der Waals surface area contributed by atoms with Gasteiger partial charge >= 0.3 is 0 Å². The van der Waals surface area contributed by atoms with Gasteiger partial charge in [-0.05, 0) is 84.8 Å². The number of Topliss-reactive ketones (excluding diaryl/α,β-unsaturated/α-hetero) is 3. The molecule has 1 aliphatic rings. The molecule has 13 nitrogen and oxygen atoms in total. The monoisotopic (exact) mass is 842 g/mol. The van der Waals surface area contributed by atoms with Crippen LogP contribution in [-0.2, 0) is 31.0 Å². The van der Waals surface area contributed by atoms with E-state index in [0.717, 1.165) is 5.56 Å². The molecule has 0 radical (unpaired) electrons. The highest BCUT2D eigenvalue weighted by Gasteiger charge is 2.36. The maximum Gasteiger partial charge on any atom is 0.226 e. The standard InChI is InChI=1S/C49H58N6O7/c1-29-24-44(59)46(55(6)48(61)34(19-21-51)28-43(58)36-15-16-39(53-30(36)2)32-10-13-35(14-11-32)49(3,4)5)33-12-18-45(62-23-22-52)38(27-33)37-25-31(9-17-41(37)56)26-40(54-47(29)60)42(57)8-7-20-50/h9-18,25,27,29,34,40,46,56H,7-8,19,21-24,26,28,51-52H2,1-6H3,(H,54,60)/t29-,34-,40+,46+/m1/s1. The van der Waals surface area contributed by atoms with Gasteiger partial charge in [0.05, 0.1) is 17.8 Å². The number of carbonyl (C=O) groups is 5. The van der Waals surface area contributed by atoms with E-state index in [2.05, 4.69) is 38.2 Å². The van der Waals surface area contributed by atoms with Gasteiger partial charge in [0.2, 0.25) is 11.8 Å². The van der Waals surface area contributed by atoms with Crippen molar-refractivity contribution in [3.63, 3.8) is 0 Å². The van der Waals surface area contributed by atoms with E-state index in [1.54, 1.807) is 56.3 Å². The Bertz CT molecular complexity index is 2350. The summed E-state index contributed by atoms with van der Waals surface area (Å²) in [6.07, 6.45) is -0.410. The van der Waals surface area contributed by atoms with Gasteiger partial charge in [-0.25, -0.2) is 0 Å². The average Bonchev–Trinajstić information content (AvgIpc) is 3.24. The summed E-state index contributed by atoms with van der Waals surface area (Å²) >= 11 is 0. The van der Waals surface area contributed by atoms with E-state index < -0.39 is 41.5 Å². The molecule has 0 aliphatic carbocycles. The van der Waals surface area contributed by atoms with E-state index in [9.17, 15) is 29.1 Å². The molecule has 1 aromatic heterocycles. The molecule has 4 aromatic rings. The van der Waals surface area contributed by atoms with Crippen molar-refractivity contribution in [2.75, 3.05) is 26.7 Å². The minimum Gasteiger partial charge on any atom is -0.507 e. The van der Waals surface area contributed by atoms with Crippen LogP contribution in [0.15, 0.2) is 72.8 Å². The van der Waals surface area contributed by atoms with Gasteiger partial charge in [-0.1, -0.05) is 64.1 Å². The predicted octanol–water partition coefficient (Wildman–Crippen LogP) is 6.31. The summed E-state index contributed by atoms with van der Waals surface area (Å²) in [4.78, 5) is 76.2. The van der Waals surface area contributed by atoms with Gasteiger partial charge in [-0.2, -0.15) is 5.26 Å². The van der Waals surface area contributed by atoms with Crippen LogP contribution in [0.2, 0.25) is 0 Å². The lowest BCUT2D eigenvalue weighted by Crippen LogP contribution is -2.46. The van der Waals surface area contributed by atoms with Gasteiger partial charge in [0.1, 0.15) is 24.1 Å². The molecule has 2 amide bonds. The van der Waals surface area contributed by atoms with E-state index in [-0.39, 0.29) is 81.0 Å². The third-order valence-electron chi connectivity index (χ3n) is 11.4. The zero-order valence-electron chi connectivity index (χ0n) is 36.5. The molecule has 62 heavy (non-hydrogen) atoms. The fourth-order valence-corrected chi connectivity index (χ4v) is 7.85. The number of ketones is 3. The third kappa shape index (κ3) is 11.2. The largest absolute Gasteiger partial charge is 0.507 e. The van der Waals surface area contributed by atoms with E-state index in [1.165, 1.54) is 23.6 Å². The average molecular weight is 843 g/mol. The number of phenols is 1. The first kappa shape index (κ1) is 46.8. The molecule has 3 aromatic carbocycles. The quantitative estimate of drug-likeness (QED) is 0.103. The van der Waals surface area contributed by atoms with Crippen molar-refractivity contribution in [3.8, 4) is 40.0 Å². The Morgan fingerprint density at radius 2 is 1.71 bits per heavy atom. The first-order valence-corrected chi connectivity index (χ1v) is 21.1. The summed E-state index contributed by atoms with van der Waals surface area (Å²) < 4.78 is 6.01. The number of benzene rings is 3. The van der Waals surface area contributed by atoms with E-state index in [1.807, 2.05) is 18.2 Å². The van der Waals surface area contributed by atoms with Gasteiger partial charge in [0.25, 0.3) is 0 Å². The molecular weight excluding hydrogens is 785 g/mol. The van der Waals surface area contributed by atoms with Crippen molar-refractivity contribution in [2.24, 2.45) is 23.3 Å². The topological polar surface area (TPSA) is 219 Å². The van der Waals surface area contributed by atoms with E-state index >= 15 is 0 Å². The van der Waals surface area contributed by atoms with Crippen LogP contribution >= 0.6 is 0 Å². The van der Waals surface area contributed by atoms with Crippen LogP contribution in [0.25, 0.3) is 22.4 Å². The summed E-state index contributed by atoms with van der Waals surface area (Å²) in [7, 11) is 1.49. The summed E-state index contributed by atoms with van der Waals surface area (Å²) in [6, 6.07) is 21.1. The Kier molecular flexibility index (Phi) is 15.5. The molecule has 4 atom stereocenters. The molecule has 6 N–H and O–H groups in total. The van der Waals surface area contributed by atoms with Crippen LogP contribution in [0, 0.1) is 30.1 Å². The van der Waals surface area contributed by atoms with Crippen molar-refractivity contribution in [1.82, 2.24) is 15.2 Å². The summed E-state index contributed by atoms with van der Waals surface area (Å²) in [5.41, 5.74) is 17.2. The number of amides is 2. The number of phenolic OH excluding ortho intramolecular Hbond substituents is 1. The fourth-order valence-electron chi connectivity index (χ4n) is 7.85. The number of pyridine rings is 1. The number of fused-ring (bicyclic) bond motifs is 5. The van der Waals surface area contributed by atoms with Crippen LogP contribution in [0.5, 0.6) is 11.5 Å². The van der Waals surface area contributed by atoms with Crippen LogP contribution in [0.3, 0.4) is 0 Å². The second-order valence-corrected chi connectivity index (χ2v) is 17.1. The van der Waals surface area contributed by atoms with Crippen LogP contribution < -0.4 is 21.5 Å². The number of nitrogens with two attached hydrogens (primary N) is 2. The number of aromatic hydroxyl groups is 1. The zero-order chi connectivity index (χ0) is 45.3. The molecule has 0 spiro atoms. The maximum atomic E-state index is 14.6. The van der Waals surface area contributed by atoms with Crippen LogP contribution in [0.4, 0.5) is 0 Å². The molecule has 0 saturated carbocycles. The summed E-state index contributed by atoms with van der Waals surface area (Å²) in [5, 5.41) is 23.2. The number of likely N-dealkylation sites (N-methyl/N-ethyl adjacent to an activating group) is 1. The lowest BCUT2D eigenvalue weighted by molar-refractivity contribution is -0.142. The van der Waals surface area contributed by atoms with Gasteiger partial charge in [0.15, 0.2) is 17.3 Å². The van der Waals surface area contributed by atoms with Crippen molar-refractivity contribution >= 4 is 29.2 Å². The normalized spacial score (nSPS) is 17.2. The zero-order valence-corrected chi connectivity index (χ0v) is 36.5. The highest BCUT2D eigenvalue weighted by Crippen LogP contribution is 2.40. The third-order valence-corrected chi connectivity index (χ3v) is 11.4. The fraction of sp³-hybridized carbons (Fsp3) is 0.408. The molecule has 1 aliphatic heterocycles. The maximum absolute atomic E-state index is 14.6. The second kappa shape index (κ2) is 20.6. The number of hydrogen-bond donors (Lipinski definition) is 4. The van der Waals surface area contributed by atoms with Crippen molar-refractivity contribution in [1.29, 1.82) is 5.26 Å². The summed E-state index contributed by atoms with van der Waals surface area (Å²) in [6.45, 7) is 10.2. The highest BCUT2D eigenvalue weighted by molar-refractivity contribution is 6.01. The molecule has 0 fully saturated rings. The number of aromatic nitrogens is 1. The molecular formula is C49H58N6O7. The number of nitriles is 1. The number of rotatable bonds is 14. The second-order valence-electron chi connectivity index (χ2n) is 17.1. The Hall–Kier alpha value is -6.23. The number of carbonyl (C=O) groups excluding carboxylic acids is 5. The minimum absolute atomic E-state index is 0.00588. The highest BCUT2D eigenvalue weighted by atomic mass is 16.5. The van der Waals surface area contributed by atoms with Crippen molar-refractivity contribution in [3.05, 3.63) is 101 Å². The Morgan fingerprint density at radius 3 is 2.35 bits per heavy atom. The lowest BCUT2D eigenvalue weighted by Gasteiger charge is -2.32. The number of aryl methyl sites for hydroxylation is 1. The Balaban J connectivity index is 1.52. The number of hydrogen-bond acceptors (Lipinski definition) is 11. The molecule has 5 rings (SSSR count). The number of ether oxygens (including phenoxy) is 1. The van der Waals surface area contributed by atoms with Crippen LogP contribution in [-0.4, -0.2) is 76.9 Å². The van der Waals surface area contributed by atoms with Gasteiger partial charge in [-0.3, -0.25) is 29.0 Å². The van der Waals surface area contributed by atoms with Gasteiger partial charge in [-0.15, -0.1) is 0 Å². The molecule has 2 heterocycles. The first-order valence-electron chi connectivity index (χ1n) is 21.1. The molecule has 4 bridgehead atoms. The molecule has 13 heteroatoms. The Labute approximate surface area is 363 Å². The van der Waals surface area contributed by atoms with Gasteiger partial charge in [0, 0.05) is 79.1 Å².